The summed E-state index contributed by atoms with van der Waals surface area (Å²) in [5.41, 5.74) is 0.867. The number of hydrogen-bond acceptors (Lipinski definition) is 2. The standard InChI is InChI=1S/2C7H3BrCl2O/c2*8-5-3-4(7(10)11)1-2-6(5)9/h2*1-3H. The molecule has 0 atom stereocenters. The zero-order chi connectivity index (χ0) is 16.9. The van der Waals surface area contributed by atoms with Crippen LogP contribution in [0.25, 0.3) is 0 Å². The third kappa shape index (κ3) is 6.19. The molecule has 0 bridgehead atoms. The van der Waals surface area contributed by atoms with Crippen LogP contribution in [-0.4, -0.2) is 10.5 Å². The van der Waals surface area contributed by atoms with Gasteiger partial charge in [-0.15, -0.1) is 0 Å². The summed E-state index contributed by atoms with van der Waals surface area (Å²) in [4.78, 5) is 21.2. The van der Waals surface area contributed by atoms with Crippen LogP contribution in [0, 0.1) is 0 Å². The zero-order valence-electron chi connectivity index (χ0n) is 10.5. The van der Waals surface area contributed by atoms with E-state index in [4.69, 9.17) is 46.4 Å². The number of carbonyl (C=O) groups excluding carboxylic acids is 2. The summed E-state index contributed by atoms with van der Waals surface area (Å²) >= 11 is 28.2. The molecule has 116 valence electrons. The lowest BCUT2D eigenvalue weighted by atomic mass is 10.2. The fourth-order valence-corrected chi connectivity index (χ4v) is 2.46. The second-order valence-corrected chi connectivity index (χ2v) is 7.01. The highest BCUT2D eigenvalue weighted by Crippen LogP contribution is 2.24. The number of hydrogen-bond donors (Lipinski definition) is 0. The highest BCUT2D eigenvalue weighted by molar-refractivity contribution is 9.10. The fourth-order valence-electron chi connectivity index (χ4n) is 1.24. The molecule has 0 amide bonds. The lowest BCUT2D eigenvalue weighted by Gasteiger charge is -1.96. The van der Waals surface area contributed by atoms with Crippen molar-refractivity contribution in [2.75, 3.05) is 0 Å². The molecule has 0 saturated carbocycles. The average Bonchev–Trinajstić information content (AvgIpc) is 2.45. The van der Waals surface area contributed by atoms with Crippen molar-refractivity contribution in [1.29, 1.82) is 0 Å². The van der Waals surface area contributed by atoms with Crippen LogP contribution in [0.1, 0.15) is 20.7 Å². The first-order chi connectivity index (χ1) is 10.2. The summed E-state index contributed by atoms with van der Waals surface area (Å²) in [7, 11) is 0. The predicted octanol–water partition coefficient (Wildman–Crippen LogP) is 6.96. The van der Waals surface area contributed by atoms with E-state index in [9.17, 15) is 9.59 Å². The van der Waals surface area contributed by atoms with Crippen LogP contribution in [0.15, 0.2) is 45.3 Å². The maximum atomic E-state index is 10.6. The summed E-state index contributed by atoms with van der Waals surface area (Å²) in [6.07, 6.45) is 0. The van der Waals surface area contributed by atoms with Gasteiger partial charge in [0.15, 0.2) is 0 Å². The van der Waals surface area contributed by atoms with Gasteiger partial charge in [0.2, 0.25) is 0 Å². The Morgan fingerprint density at radius 3 is 1.27 bits per heavy atom. The van der Waals surface area contributed by atoms with Crippen LogP contribution in [0.4, 0.5) is 0 Å². The molecule has 0 unspecified atom stereocenters. The largest absolute Gasteiger partial charge is 0.276 e. The van der Waals surface area contributed by atoms with Crippen molar-refractivity contribution in [3.8, 4) is 0 Å². The molecule has 0 N–H and O–H groups in total. The summed E-state index contributed by atoms with van der Waals surface area (Å²) in [5.74, 6) is 0. The van der Waals surface area contributed by atoms with E-state index in [1.165, 1.54) is 0 Å². The Labute approximate surface area is 163 Å². The van der Waals surface area contributed by atoms with Crippen LogP contribution >= 0.6 is 78.3 Å². The number of rotatable bonds is 2. The molecule has 0 aliphatic carbocycles. The van der Waals surface area contributed by atoms with Crippen molar-refractivity contribution in [2.45, 2.75) is 0 Å². The minimum absolute atomic E-state index is 0.433. The van der Waals surface area contributed by atoms with Gasteiger partial charge in [0.05, 0.1) is 10.0 Å². The van der Waals surface area contributed by atoms with Crippen LogP contribution in [-0.2, 0) is 0 Å². The minimum Gasteiger partial charge on any atom is -0.276 e. The van der Waals surface area contributed by atoms with E-state index in [1.54, 1.807) is 36.4 Å². The van der Waals surface area contributed by atoms with E-state index in [-0.39, 0.29) is 0 Å². The fraction of sp³-hybridized carbons (Fsp3) is 0. The third-order valence-corrected chi connectivity index (χ3v) is 5.16. The molecule has 0 aliphatic rings. The Morgan fingerprint density at radius 2 is 1.05 bits per heavy atom. The third-order valence-electron chi connectivity index (χ3n) is 2.29. The van der Waals surface area contributed by atoms with E-state index in [0.29, 0.717) is 30.1 Å². The highest BCUT2D eigenvalue weighted by Gasteiger charge is 2.04. The number of benzene rings is 2. The van der Waals surface area contributed by atoms with Crippen molar-refractivity contribution < 1.29 is 9.59 Å². The Morgan fingerprint density at radius 1 is 0.727 bits per heavy atom. The van der Waals surface area contributed by atoms with Crippen molar-refractivity contribution in [3.63, 3.8) is 0 Å². The van der Waals surface area contributed by atoms with Gasteiger partial charge in [-0.2, -0.15) is 0 Å². The van der Waals surface area contributed by atoms with Gasteiger partial charge in [0.25, 0.3) is 10.5 Å². The molecule has 2 aromatic carbocycles. The normalized spacial score (nSPS) is 9.73. The van der Waals surface area contributed by atoms with Gasteiger partial charge >= 0.3 is 0 Å². The first-order valence-corrected chi connectivity index (χ1v) is 8.62. The molecule has 8 heteroatoms. The molecule has 0 aromatic heterocycles. The van der Waals surface area contributed by atoms with Gasteiger partial charge < -0.3 is 0 Å². The lowest BCUT2D eigenvalue weighted by molar-refractivity contribution is 0.107. The summed E-state index contributed by atoms with van der Waals surface area (Å²) < 4.78 is 1.34. The van der Waals surface area contributed by atoms with Gasteiger partial charge in [0.1, 0.15) is 0 Å². The molecule has 2 rings (SSSR count). The van der Waals surface area contributed by atoms with E-state index in [1.807, 2.05) is 0 Å². The van der Waals surface area contributed by atoms with Crippen molar-refractivity contribution >= 4 is 88.7 Å². The SMILES string of the molecule is O=C(Cl)c1ccc(Cl)c(Br)c1.O=C(Cl)c1ccc(Cl)c(Br)c1. The maximum absolute atomic E-state index is 10.6. The number of halogens is 6. The van der Waals surface area contributed by atoms with E-state index in [0.717, 1.165) is 0 Å². The van der Waals surface area contributed by atoms with Crippen LogP contribution < -0.4 is 0 Å². The zero-order valence-corrected chi connectivity index (χ0v) is 16.7. The van der Waals surface area contributed by atoms with E-state index < -0.39 is 10.5 Å². The predicted molar refractivity (Wildman–Crippen MR) is 98.7 cm³/mol. The van der Waals surface area contributed by atoms with Gasteiger partial charge in [0, 0.05) is 20.1 Å². The van der Waals surface area contributed by atoms with Crippen LogP contribution in [0.5, 0.6) is 0 Å². The molecule has 0 saturated heterocycles. The lowest BCUT2D eigenvalue weighted by Crippen LogP contribution is -1.87. The Bertz CT molecular complexity index is 658. The molecule has 22 heavy (non-hydrogen) atoms. The van der Waals surface area contributed by atoms with E-state index in [2.05, 4.69) is 31.9 Å². The summed E-state index contributed by atoms with van der Waals surface area (Å²) in [5, 5.41) is 0.156. The van der Waals surface area contributed by atoms with Crippen molar-refractivity contribution in [2.24, 2.45) is 0 Å². The second-order valence-electron chi connectivity index (χ2n) is 3.81. The Hall–Kier alpha value is -0.100. The van der Waals surface area contributed by atoms with E-state index >= 15 is 0 Å². The summed E-state index contributed by atoms with van der Waals surface area (Å²) in [6.45, 7) is 0. The van der Waals surface area contributed by atoms with Crippen molar-refractivity contribution in [1.82, 2.24) is 0 Å². The van der Waals surface area contributed by atoms with Crippen LogP contribution in [0.2, 0.25) is 10.0 Å². The maximum Gasteiger partial charge on any atom is 0.252 e. The quantitative estimate of drug-likeness (QED) is 0.412. The monoisotopic (exact) mass is 504 g/mol. The molecule has 2 aromatic rings. The second kappa shape index (κ2) is 9.26. The minimum atomic E-state index is -0.484. The first kappa shape index (κ1) is 19.9. The molecule has 2 nitrogen and oxygen atoms in total. The Kier molecular flexibility index (Phi) is 8.39. The molecular formula is C14H6Br2Cl4O2. The highest BCUT2D eigenvalue weighted by atomic mass is 79.9. The van der Waals surface area contributed by atoms with Gasteiger partial charge in [-0.05, 0) is 91.5 Å². The van der Waals surface area contributed by atoms with Gasteiger partial charge in [-0.25, -0.2) is 0 Å². The molecular weight excluding hydrogens is 502 g/mol. The topological polar surface area (TPSA) is 34.1 Å². The van der Waals surface area contributed by atoms with Crippen LogP contribution in [0.3, 0.4) is 0 Å². The summed E-state index contributed by atoms with van der Waals surface area (Å²) in [6, 6.07) is 9.53. The Balaban J connectivity index is 0.000000220. The van der Waals surface area contributed by atoms with Crippen molar-refractivity contribution in [3.05, 3.63) is 66.5 Å². The number of carbonyl (C=O) groups is 2. The molecule has 0 aliphatic heterocycles. The molecule has 0 spiro atoms. The van der Waals surface area contributed by atoms with Gasteiger partial charge in [-0.1, -0.05) is 23.2 Å². The average molecular weight is 508 g/mol. The molecule has 0 fully saturated rings. The molecule has 0 radical (unpaired) electrons. The first-order valence-electron chi connectivity index (χ1n) is 5.52. The smallest absolute Gasteiger partial charge is 0.252 e. The van der Waals surface area contributed by atoms with Gasteiger partial charge in [-0.3, -0.25) is 9.59 Å². The molecule has 0 heterocycles.